The largest absolute Gasteiger partial charge is 0.465 e. The number of esters is 1. The number of amides is 1. The van der Waals surface area contributed by atoms with Gasteiger partial charge in [-0.1, -0.05) is 30.3 Å². The van der Waals surface area contributed by atoms with Crippen LogP contribution in [-0.4, -0.2) is 19.0 Å². The third-order valence-corrected chi connectivity index (χ3v) is 3.35. The molecule has 104 valence electrons. The van der Waals surface area contributed by atoms with E-state index in [-0.39, 0.29) is 11.9 Å². The molecule has 0 fully saturated rings. The van der Waals surface area contributed by atoms with Gasteiger partial charge in [-0.2, -0.15) is 0 Å². The number of rotatable bonds is 2. The number of ether oxygens (including phenoxy) is 1. The second kappa shape index (κ2) is 5.25. The summed E-state index contributed by atoms with van der Waals surface area (Å²) < 4.78 is 4.65. The Morgan fingerprint density at radius 3 is 2.52 bits per heavy atom. The summed E-state index contributed by atoms with van der Waals surface area (Å²) in [5.74, 6) is -0.494. The van der Waals surface area contributed by atoms with Gasteiger partial charge in [0.1, 0.15) is 0 Å². The Labute approximate surface area is 122 Å². The van der Waals surface area contributed by atoms with E-state index in [4.69, 9.17) is 0 Å². The maximum Gasteiger partial charge on any atom is 0.337 e. The number of nitrogens with one attached hydrogen (secondary N) is 1. The van der Waals surface area contributed by atoms with Crippen LogP contribution in [0.4, 0.5) is 5.69 Å². The van der Waals surface area contributed by atoms with Crippen molar-refractivity contribution < 1.29 is 14.3 Å². The van der Waals surface area contributed by atoms with Gasteiger partial charge in [-0.15, -0.1) is 0 Å². The standard InChI is InChI=1S/C17H13NO3/c1-21-17(20)12-8-6-11(7-9-12)10-14-13-4-2-3-5-15(13)18-16(14)19/h2-10H,1H3,(H,18,19)/b14-10+. The highest BCUT2D eigenvalue weighted by molar-refractivity contribution is 6.34. The predicted molar refractivity (Wildman–Crippen MR) is 80.7 cm³/mol. The van der Waals surface area contributed by atoms with Crippen molar-refractivity contribution in [2.75, 3.05) is 12.4 Å². The van der Waals surface area contributed by atoms with Gasteiger partial charge in [0.15, 0.2) is 0 Å². The van der Waals surface area contributed by atoms with Crippen molar-refractivity contribution in [3.05, 3.63) is 65.2 Å². The van der Waals surface area contributed by atoms with Crippen molar-refractivity contribution in [2.45, 2.75) is 0 Å². The Kier molecular flexibility index (Phi) is 3.28. The second-order valence-electron chi connectivity index (χ2n) is 4.67. The lowest BCUT2D eigenvalue weighted by atomic mass is 10.0. The number of hydrogen-bond acceptors (Lipinski definition) is 3. The molecule has 21 heavy (non-hydrogen) atoms. The monoisotopic (exact) mass is 279 g/mol. The Morgan fingerprint density at radius 2 is 1.81 bits per heavy atom. The number of carbonyl (C=O) groups is 2. The molecule has 4 nitrogen and oxygen atoms in total. The first-order chi connectivity index (χ1) is 10.2. The third-order valence-electron chi connectivity index (χ3n) is 3.35. The minimum absolute atomic E-state index is 0.117. The van der Waals surface area contributed by atoms with Gasteiger partial charge in [0, 0.05) is 16.8 Å². The number of methoxy groups -OCH3 is 1. The number of carbonyl (C=O) groups excluding carboxylic acids is 2. The van der Waals surface area contributed by atoms with Crippen molar-refractivity contribution in [3.8, 4) is 0 Å². The lowest BCUT2D eigenvalue weighted by Crippen LogP contribution is -2.03. The molecule has 0 unspecified atom stereocenters. The molecule has 2 aromatic rings. The highest BCUT2D eigenvalue weighted by Gasteiger charge is 2.23. The van der Waals surface area contributed by atoms with Gasteiger partial charge in [-0.25, -0.2) is 4.79 Å². The van der Waals surface area contributed by atoms with Crippen LogP contribution in [0.5, 0.6) is 0 Å². The summed E-state index contributed by atoms with van der Waals surface area (Å²) in [5, 5.41) is 2.83. The Bertz CT molecular complexity index is 745. The zero-order chi connectivity index (χ0) is 14.8. The summed E-state index contributed by atoms with van der Waals surface area (Å²) in [7, 11) is 1.35. The molecule has 1 aliphatic rings. The van der Waals surface area contributed by atoms with E-state index in [2.05, 4.69) is 10.1 Å². The molecule has 0 saturated heterocycles. The second-order valence-corrected chi connectivity index (χ2v) is 4.67. The quantitative estimate of drug-likeness (QED) is 0.679. The highest BCUT2D eigenvalue weighted by Crippen LogP contribution is 2.32. The Hall–Kier alpha value is -2.88. The van der Waals surface area contributed by atoms with Crippen molar-refractivity contribution in [2.24, 2.45) is 0 Å². The lowest BCUT2D eigenvalue weighted by molar-refractivity contribution is -0.110. The first kappa shape index (κ1) is 13.1. The van der Waals surface area contributed by atoms with E-state index in [1.54, 1.807) is 24.3 Å². The van der Waals surface area contributed by atoms with E-state index in [1.165, 1.54) is 7.11 Å². The number of benzene rings is 2. The maximum atomic E-state index is 12.0. The summed E-state index contributed by atoms with van der Waals surface area (Å²) in [6.07, 6.45) is 1.81. The number of fused-ring (bicyclic) bond motifs is 1. The van der Waals surface area contributed by atoms with Gasteiger partial charge >= 0.3 is 5.97 Å². The van der Waals surface area contributed by atoms with E-state index < -0.39 is 0 Å². The van der Waals surface area contributed by atoms with Gasteiger partial charge in [-0.3, -0.25) is 4.79 Å². The molecular formula is C17H13NO3. The van der Waals surface area contributed by atoms with Crippen LogP contribution in [0.25, 0.3) is 11.6 Å². The van der Waals surface area contributed by atoms with Gasteiger partial charge < -0.3 is 10.1 Å². The molecule has 2 aromatic carbocycles. The average molecular weight is 279 g/mol. The van der Waals surface area contributed by atoms with E-state index in [0.717, 1.165) is 16.8 Å². The fourth-order valence-corrected chi connectivity index (χ4v) is 2.28. The van der Waals surface area contributed by atoms with Crippen LogP contribution >= 0.6 is 0 Å². The van der Waals surface area contributed by atoms with Crippen LogP contribution in [0, 0.1) is 0 Å². The fraction of sp³-hybridized carbons (Fsp3) is 0.0588. The third kappa shape index (κ3) is 2.43. The molecule has 0 radical (unpaired) electrons. The zero-order valence-electron chi connectivity index (χ0n) is 11.4. The van der Waals surface area contributed by atoms with Gasteiger partial charge in [0.05, 0.1) is 12.7 Å². The summed E-state index contributed by atoms with van der Waals surface area (Å²) in [4.78, 5) is 23.4. The lowest BCUT2D eigenvalue weighted by Gasteiger charge is -2.01. The normalized spacial score (nSPS) is 14.7. The smallest absolute Gasteiger partial charge is 0.337 e. The molecule has 0 spiro atoms. The number of anilines is 1. The number of hydrogen-bond donors (Lipinski definition) is 1. The Balaban J connectivity index is 1.95. The van der Waals surface area contributed by atoms with Crippen molar-refractivity contribution >= 4 is 29.2 Å². The van der Waals surface area contributed by atoms with Crippen LogP contribution < -0.4 is 5.32 Å². The van der Waals surface area contributed by atoms with Crippen LogP contribution in [0.15, 0.2) is 48.5 Å². The summed E-state index contributed by atoms with van der Waals surface area (Å²) >= 11 is 0. The number of para-hydroxylation sites is 1. The summed E-state index contributed by atoms with van der Waals surface area (Å²) in [6.45, 7) is 0. The van der Waals surface area contributed by atoms with E-state index in [1.807, 2.05) is 30.3 Å². The topological polar surface area (TPSA) is 55.4 Å². The molecule has 0 atom stereocenters. The van der Waals surface area contributed by atoms with Crippen molar-refractivity contribution in [1.29, 1.82) is 0 Å². The fourth-order valence-electron chi connectivity index (χ4n) is 2.28. The molecule has 0 aromatic heterocycles. The Morgan fingerprint density at radius 1 is 1.10 bits per heavy atom. The van der Waals surface area contributed by atoms with Crippen LogP contribution in [0.1, 0.15) is 21.5 Å². The summed E-state index contributed by atoms with van der Waals surface area (Å²) in [5.41, 5.74) is 3.66. The van der Waals surface area contributed by atoms with Crippen LogP contribution in [-0.2, 0) is 9.53 Å². The summed E-state index contributed by atoms with van der Waals surface area (Å²) in [6, 6.07) is 14.5. The first-order valence-corrected chi connectivity index (χ1v) is 6.50. The van der Waals surface area contributed by atoms with E-state index in [9.17, 15) is 9.59 Å². The van der Waals surface area contributed by atoms with Crippen molar-refractivity contribution in [1.82, 2.24) is 0 Å². The first-order valence-electron chi connectivity index (χ1n) is 6.50. The van der Waals surface area contributed by atoms with E-state index >= 15 is 0 Å². The average Bonchev–Trinajstić information content (AvgIpc) is 2.83. The molecular weight excluding hydrogens is 266 g/mol. The SMILES string of the molecule is COC(=O)c1ccc(/C=C2/C(=O)Nc3ccccc32)cc1. The molecule has 3 rings (SSSR count). The van der Waals surface area contributed by atoms with E-state index in [0.29, 0.717) is 11.1 Å². The minimum Gasteiger partial charge on any atom is -0.465 e. The van der Waals surface area contributed by atoms with Gasteiger partial charge in [0.2, 0.25) is 0 Å². The maximum absolute atomic E-state index is 12.0. The van der Waals surface area contributed by atoms with Gasteiger partial charge in [-0.05, 0) is 29.8 Å². The molecule has 0 aliphatic carbocycles. The van der Waals surface area contributed by atoms with Gasteiger partial charge in [0.25, 0.3) is 5.91 Å². The molecule has 1 N–H and O–H groups in total. The molecule has 1 amide bonds. The molecule has 1 heterocycles. The molecule has 0 bridgehead atoms. The minimum atomic E-state index is -0.377. The molecule has 1 aliphatic heterocycles. The zero-order valence-corrected chi connectivity index (χ0v) is 11.4. The molecule has 4 heteroatoms. The van der Waals surface area contributed by atoms with Crippen LogP contribution in [0.2, 0.25) is 0 Å². The predicted octanol–water partition coefficient (Wildman–Crippen LogP) is 2.97. The molecule has 0 saturated carbocycles. The van der Waals surface area contributed by atoms with Crippen molar-refractivity contribution in [3.63, 3.8) is 0 Å². The highest BCUT2D eigenvalue weighted by atomic mass is 16.5. The van der Waals surface area contributed by atoms with Crippen LogP contribution in [0.3, 0.4) is 0 Å².